The van der Waals surface area contributed by atoms with Gasteiger partial charge in [0.2, 0.25) is 0 Å². The number of rotatable bonds is 3. The van der Waals surface area contributed by atoms with Crippen molar-refractivity contribution in [1.82, 2.24) is 14.7 Å². The molecule has 0 saturated heterocycles. The lowest BCUT2D eigenvalue weighted by molar-refractivity contribution is 0.206. The molecule has 74 valence electrons. The molecule has 13 heavy (non-hydrogen) atoms. The molecule has 0 aliphatic heterocycles. The number of aromatic nitrogens is 2. The molecule has 1 atom stereocenters. The monoisotopic (exact) mass is 181 g/mol. The van der Waals surface area contributed by atoms with Crippen molar-refractivity contribution in [1.29, 1.82) is 0 Å². The average molecular weight is 181 g/mol. The van der Waals surface area contributed by atoms with Crippen molar-refractivity contribution in [3.8, 4) is 0 Å². The Labute approximate surface area is 80.4 Å². The molecular formula is C10H19N3. The van der Waals surface area contributed by atoms with E-state index in [9.17, 15) is 0 Å². The maximum absolute atomic E-state index is 4.39. The molecule has 1 rings (SSSR count). The standard InChI is InChI=1S/C10H19N3/c1-8(2)13(5)9(3)10-6-7-12(4)11-10/h6-9H,1-5H3. The van der Waals surface area contributed by atoms with Crippen LogP contribution in [0.15, 0.2) is 12.3 Å². The quantitative estimate of drug-likeness (QED) is 0.709. The first-order valence-electron chi connectivity index (χ1n) is 4.74. The molecule has 0 radical (unpaired) electrons. The van der Waals surface area contributed by atoms with E-state index in [4.69, 9.17) is 0 Å². The molecule has 0 spiro atoms. The van der Waals surface area contributed by atoms with Crippen LogP contribution in [0.5, 0.6) is 0 Å². The van der Waals surface area contributed by atoms with E-state index in [0.717, 1.165) is 5.69 Å². The van der Waals surface area contributed by atoms with Gasteiger partial charge in [-0.15, -0.1) is 0 Å². The van der Waals surface area contributed by atoms with Crippen molar-refractivity contribution in [2.24, 2.45) is 7.05 Å². The lowest BCUT2D eigenvalue weighted by Crippen LogP contribution is -2.29. The van der Waals surface area contributed by atoms with E-state index in [2.05, 4.69) is 43.9 Å². The van der Waals surface area contributed by atoms with Crippen LogP contribution in [0.2, 0.25) is 0 Å². The van der Waals surface area contributed by atoms with Crippen molar-refractivity contribution in [2.45, 2.75) is 32.9 Å². The third kappa shape index (κ3) is 2.31. The molecule has 0 N–H and O–H groups in total. The lowest BCUT2D eigenvalue weighted by atomic mass is 10.2. The fourth-order valence-corrected chi connectivity index (χ4v) is 1.31. The highest BCUT2D eigenvalue weighted by Crippen LogP contribution is 2.17. The summed E-state index contributed by atoms with van der Waals surface area (Å²) < 4.78 is 1.85. The van der Waals surface area contributed by atoms with Gasteiger partial charge in [-0.05, 0) is 33.9 Å². The Morgan fingerprint density at radius 2 is 2.00 bits per heavy atom. The topological polar surface area (TPSA) is 21.1 Å². The molecule has 0 aliphatic rings. The molecule has 0 aromatic carbocycles. The summed E-state index contributed by atoms with van der Waals surface area (Å²) in [7, 11) is 4.08. The fourth-order valence-electron chi connectivity index (χ4n) is 1.31. The van der Waals surface area contributed by atoms with E-state index < -0.39 is 0 Å². The minimum absolute atomic E-state index is 0.390. The summed E-state index contributed by atoms with van der Waals surface area (Å²) in [5.41, 5.74) is 1.14. The molecular weight excluding hydrogens is 162 g/mol. The average Bonchev–Trinajstić information content (AvgIpc) is 2.49. The van der Waals surface area contributed by atoms with Crippen LogP contribution in [-0.4, -0.2) is 27.8 Å². The van der Waals surface area contributed by atoms with Crippen LogP contribution < -0.4 is 0 Å². The maximum atomic E-state index is 4.39. The van der Waals surface area contributed by atoms with Crippen molar-refractivity contribution in [3.63, 3.8) is 0 Å². The van der Waals surface area contributed by atoms with E-state index >= 15 is 0 Å². The predicted molar refractivity (Wildman–Crippen MR) is 54.5 cm³/mol. The van der Waals surface area contributed by atoms with E-state index in [1.807, 2.05) is 17.9 Å². The van der Waals surface area contributed by atoms with Gasteiger partial charge in [0.15, 0.2) is 0 Å². The second kappa shape index (κ2) is 3.92. The summed E-state index contributed by atoms with van der Waals surface area (Å²) in [6.07, 6.45) is 1.99. The summed E-state index contributed by atoms with van der Waals surface area (Å²) in [6.45, 7) is 6.57. The van der Waals surface area contributed by atoms with E-state index in [-0.39, 0.29) is 0 Å². The summed E-state index contributed by atoms with van der Waals surface area (Å²) >= 11 is 0. The zero-order valence-electron chi connectivity index (χ0n) is 9.15. The first kappa shape index (κ1) is 10.3. The smallest absolute Gasteiger partial charge is 0.0793 e. The van der Waals surface area contributed by atoms with E-state index in [1.54, 1.807) is 0 Å². The highest BCUT2D eigenvalue weighted by Gasteiger charge is 2.15. The first-order chi connectivity index (χ1) is 6.02. The van der Waals surface area contributed by atoms with Crippen LogP contribution in [0.1, 0.15) is 32.5 Å². The minimum atomic E-state index is 0.390. The number of hydrogen-bond acceptors (Lipinski definition) is 2. The van der Waals surface area contributed by atoms with Gasteiger partial charge in [0.25, 0.3) is 0 Å². The Hall–Kier alpha value is -0.830. The van der Waals surface area contributed by atoms with Gasteiger partial charge in [-0.3, -0.25) is 9.58 Å². The van der Waals surface area contributed by atoms with Gasteiger partial charge in [0, 0.05) is 19.3 Å². The lowest BCUT2D eigenvalue weighted by Gasteiger charge is -2.26. The van der Waals surface area contributed by atoms with Crippen molar-refractivity contribution in [2.75, 3.05) is 7.05 Å². The molecule has 0 aliphatic carbocycles. The van der Waals surface area contributed by atoms with Crippen LogP contribution in [0.4, 0.5) is 0 Å². The van der Waals surface area contributed by atoms with Gasteiger partial charge in [-0.2, -0.15) is 5.10 Å². The van der Waals surface area contributed by atoms with E-state index in [1.165, 1.54) is 0 Å². The zero-order valence-corrected chi connectivity index (χ0v) is 9.15. The molecule has 0 fully saturated rings. The number of nitrogens with zero attached hydrogens (tertiary/aromatic N) is 3. The summed E-state index contributed by atoms with van der Waals surface area (Å²) in [5, 5.41) is 4.39. The molecule has 3 heteroatoms. The Morgan fingerprint density at radius 3 is 2.38 bits per heavy atom. The second-order valence-electron chi connectivity index (χ2n) is 3.85. The van der Waals surface area contributed by atoms with Crippen molar-refractivity contribution < 1.29 is 0 Å². The summed E-state index contributed by atoms with van der Waals surface area (Å²) in [5.74, 6) is 0. The Kier molecular flexibility index (Phi) is 3.09. The maximum Gasteiger partial charge on any atom is 0.0793 e. The van der Waals surface area contributed by atoms with Gasteiger partial charge >= 0.3 is 0 Å². The normalized spacial score (nSPS) is 14.1. The van der Waals surface area contributed by atoms with Gasteiger partial charge in [0.05, 0.1) is 11.7 Å². The molecule has 1 heterocycles. The minimum Gasteiger partial charge on any atom is -0.296 e. The van der Waals surface area contributed by atoms with Crippen LogP contribution in [0.3, 0.4) is 0 Å². The van der Waals surface area contributed by atoms with Gasteiger partial charge < -0.3 is 0 Å². The summed E-state index contributed by atoms with van der Waals surface area (Å²) in [6, 6.07) is 3.02. The predicted octanol–water partition coefficient (Wildman–Crippen LogP) is 1.82. The highest BCUT2D eigenvalue weighted by atomic mass is 15.3. The van der Waals surface area contributed by atoms with Crippen LogP contribution >= 0.6 is 0 Å². The largest absolute Gasteiger partial charge is 0.296 e. The van der Waals surface area contributed by atoms with Crippen molar-refractivity contribution in [3.05, 3.63) is 18.0 Å². The van der Waals surface area contributed by atoms with Crippen LogP contribution in [0, 0.1) is 0 Å². The second-order valence-corrected chi connectivity index (χ2v) is 3.85. The number of hydrogen-bond donors (Lipinski definition) is 0. The molecule has 0 amide bonds. The van der Waals surface area contributed by atoms with Crippen LogP contribution in [0.25, 0.3) is 0 Å². The van der Waals surface area contributed by atoms with Gasteiger partial charge in [-0.25, -0.2) is 0 Å². The van der Waals surface area contributed by atoms with Crippen LogP contribution in [-0.2, 0) is 7.05 Å². The third-order valence-electron chi connectivity index (χ3n) is 2.59. The van der Waals surface area contributed by atoms with E-state index in [0.29, 0.717) is 12.1 Å². The number of aryl methyl sites for hydroxylation is 1. The molecule has 1 unspecified atom stereocenters. The van der Waals surface area contributed by atoms with Crippen molar-refractivity contribution >= 4 is 0 Å². The van der Waals surface area contributed by atoms with Gasteiger partial charge in [-0.1, -0.05) is 0 Å². The Bertz CT molecular complexity index is 265. The Morgan fingerprint density at radius 1 is 1.38 bits per heavy atom. The SMILES string of the molecule is CC(C)N(C)C(C)c1ccn(C)n1. The fraction of sp³-hybridized carbons (Fsp3) is 0.700. The molecule has 0 bridgehead atoms. The highest BCUT2D eigenvalue weighted by molar-refractivity contribution is 5.04. The molecule has 1 aromatic heterocycles. The zero-order chi connectivity index (χ0) is 10.0. The third-order valence-corrected chi connectivity index (χ3v) is 2.59. The Balaban J connectivity index is 2.73. The first-order valence-corrected chi connectivity index (χ1v) is 4.74. The summed E-state index contributed by atoms with van der Waals surface area (Å²) in [4.78, 5) is 2.31. The molecule has 1 aromatic rings. The molecule has 3 nitrogen and oxygen atoms in total. The molecule has 0 saturated carbocycles. The van der Waals surface area contributed by atoms with Gasteiger partial charge in [0.1, 0.15) is 0 Å².